The Hall–Kier alpha value is -3.37. The summed E-state index contributed by atoms with van der Waals surface area (Å²) in [4.78, 5) is 26.1. The van der Waals surface area contributed by atoms with Gasteiger partial charge in [-0.1, -0.05) is 17.7 Å². The van der Waals surface area contributed by atoms with E-state index in [2.05, 4.69) is 10.6 Å². The van der Waals surface area contributed by atoms with Gasteiger partial charge in [0.1, 0.15) is 17.1 Å². The number of methoxy groups -OCH3 is 2. The van der Waals surface area contributed by atoms with Crippen LogP contribution in [0.2, 0.25) is 5.02 Å². The zero-order chi connectivity index (χ0) is 26.5. The Morgan fingerprint density at radius 2 is 1.56 bits per heavy atom. The fourth-order valence-electron chi connectivity index (χ4n) is 3.17. The van der Waals surface area contributed by atoms with E-state index in [1.54, 1.807) is 49.4 Å². The summed E-state index contributed by atoms with van der Waals surface area (Å²) in [6, 6.07) is 14.5. The lowest BCUT2D eigenvalue weighted by atomic mass is 10.1. The first-order chi connectivity index (χ1) is 17.0. The summed E-state index contributed by atoms with van der Waals surface area (Å²) in [7, 11) is 2.91. The third-order valence-corrected chi connectivity index (χ3v) is 6.44. The highest BCUT2D eigenvalue weighted by atomic mass is 35.5. The molecular formula is C25H22ClF3N2O4S. The minimum Gasteiger partial charge on any atom is -0.496 e. The van der Waals surface area contributed by atoms with Crippen molar-refractivity contribution < 1.29 is 32.2 Å². The van der Waals surface area contributed by atoms with Crippen LogP contribution in [0.4, 0.5) is 24.5 Å². The molecule has 36 heavy (non-hydrogen) atoms. The molecule has 1 unspecified atom stereocenters. The minimum absolute atomic E-state index is 0.000298. The molecule has 190 valence electrons. The number of ether oxygens (including phenoxy) is 2. The van der Waals surface area contributed by atoms with Crippen molar-refractivity contribution in [2.45, 2.75) is 23.2 Å². The molecule has 0 aliphatic heterocycles. The van der Waals surface area contributed by atoms with E-state index in [0.29, 0.717) is 22.1 Å². The van der Waals surface area contributed by atoms with Crippen LogP contribution in [0.25, 0.3) is 0 Å². The number of hydrogen-bond donors (Lipinski definition) is 2. The van der Waals surface area contributed by atoms with E-state index in [1.807, 2.05) is 0 Å². The molecule has 0 heterocycles. The molecule has 0 aliphatic carbocycles. The lowest BCUT2D eigenvalue weighted by Gasteiger charge is -2.15. The van der Waals surface area contributed by atoms with Gasteiger partial charge < -0.3 is 20.1 Å². The van der Waals surface area contributed by atoms with Gasteiger partial charge in [0, 0.05) is 10.6 Å². The monoisotopic (exact) mass is 538 g/mol. The molecule has 3 aromatic carbocycles. The minimum atomic E-state index is -4.56. The van der Waals surface area contributed by atoms with Gasteiger partial charge in [-0.2, -0.15) is 13.2 Å². The molecule has 0 saturated carbocycles. The lowest BCUT2D eigenvalue weighted by Crippen LogP contribution is -2.23. The normalized spacial score (nSPS) is 12.0. The van der Waals surface area contributed by atoms with Gasteiger partial charge in [-0.05, 0) is 61.5 Å². The number of thioether (sulfide) groups is 1. The van der Waals surface area contributed by atoms with Crippen LogP contribution in [0.3, 0.4) is 0 Å². The van der Waals surface area contributed by atoms with Crippen LogP contribution in [0.15, 0.2) is 65.6 Å². The molecule has 6 nitrogen and oxygen atoms in total. The quantitative estimate of drug-likeness (QED) is 0.310. The van der Waals surface area contributed by atoms with Crippen molar-refractivity contribution in [2.75, 3.05) is 24.9 Å². The van der Waals surface area contributed by atoms with Crippen molar-refractivity contribution in [2.24, 2.45) is 0 Å². The summed E-state index contributed by atoms with van der Waals surface area (Å²) in [5.41, 5.74) is -0.274. The maximum atomic E-state index is 13.0. The first-order valence-electron chi connectivity index (χ1n) is 10.5. The fourth-order valence-corrected chi connectivity index (χ4v) is 4.21. The summed E-state index contributed by atoms with van der Waals surface area (Å²) in [6.45, 7) is 1.62. The van der Waals surface area contributed by atoms with Crippen LogP contribution in [0.1, 0.15) is 22.8 Å². The maximum Gasteiger partial charge on any atom is 0.416 e. The first-order valence-corrected chi connectivity index (χ1v) is 11.8. The Morgan fingerprint density at radius 3 is 2.11 bits per heavy atom. The first kappa shape index (κ1) is 27.2. The summed E-state index contributed by atoms with van der Waals surface area (Å²) in [5, 5.41) is 4.58. The zero-order valence-electron chi connectivity index (χ0n) is 19.4. The summed E-state index contributed by atoms with van der Waals surface area (Å²) >= 11 is 7.15. The van der Waals surface area contributed by atoms with Crippen LogP contribution < -0.4 is 20.1 Å². The second kappa shape index (κ2) is 11.6. The zero-order valence-corrected chi connectivity index (χ0v) is 21.0. The smallest absolute Gasteiger partial charge is 0.416 e. The molecule has 2 amide bonds. The number of rotatable bonds is 8. The topological polar surface area (TPSA) is 76.7 Å². The average Bonchev–Trinajstić information content (AvgIpc) is 2.85. The van der Waals surface area contributed by atoms with Gasteiger partial charge in [0.25, 0.3) is 5.91 Å². The Kier molecular flexibility index (Phi) is 8.75. The largest absolute Gasteiger partial charge is 0.496 e. The summed E-state index contributed by atoms with van der Waals surface area (Å²) in [5.74, 6) is -0.211. The molecule has 2 N–H and O–H groups in total. The van der Waals surface area contributed by atoms with Crippen LogP contribution in [-0.2, 0) is 11.0 Å². The molecule has 0 bridgehead atoms. The second-order valence-corrected chi connectivity index (χ2v) is 9.28. The van der Waals surface area contributed by atoms with Crippen molar-refractivity contribution in [1.82, 2.24) is 0 Å². The van der Waals surface area contributed by atoms with E-state index < -0.39 is 28.8 Å². The van der Waals surface area contributed by atoms with Crippen LogP contribution in [0, 0.1) is 0 Å². The molecule has 11 heteroatoms. The number of alkyl halides is 3. The van der Waals surface area contributed by atoms with Crippen molar-refractivity contribution in [3.8, 4) is 11.5 Å². The molecule has 0 radical (unpaired) electrons. The number of carbonyl (C=O) groups excluding carboxylic acids is 2. The van der Waals surface area contributed by atoms with E-state index in [1.165, 1.54) is 26.0 Å². The fraction of sp³-hybridized carbons (Fsp3) is 0.200. The van der Waals surface area contributed by atoms with E-state index >= 15 is 0 Å². The Morgan fingerprint density at radius 1 is 0.944 bits per heavy atom. The standard InChI is InChI=1S/C25H22ClF3N2O4S/c1-14(23(32)31-19-13-15(25(27,28)29)7-12-18(19)26)36-17-10-8-16(9-11-17)30-24(33)22-20(34-2)5-4-6-21(22)35-3/h4-14H,1-3H3,(H,30,33)(H,31,32). The van der Waals surface area contributed by atoms with Crippen molar-refractivity contribution in [3.05, 3.63) is 76.8 Å². The molecule has 0 aromatic heterocycles. The van der Waals surface area contributed by atoms with Gasteiger partial charge in [0.15, 0.2) is 0 Å². The number of hydrogen-bond acceptors (Lipinski definition) is 5. The third-order valence-electron chi connectivity index (χ3n) is 5.00. The molecule has 3 aromatic rings. The number of amides is 2. The van der Waals surface area contributed by atoms with Crippen LogP contribution in [-0.4, -0.2) is 31.3 Å². The number of halogens is 4. The Balaban J connectivity index is 1.65. The SMILES string of the molecule is COc1cccc(OC)c1C(=O)Nc1ccc(SC(C)C(=O)Nc2cc(C(F)(F)F)ccc2Cl)cc1. The van der Waals surface area contributed by atoms with Crippen LogP contribution in [0.5, 0.6) is 11.5 Å². The van der Waals surface area contributed by atoms with Gasteiger partial charge in [-0.15, -0.1) is 11.8 Å². The molecule has 0 aliphatic rings. The summed E-state index contributed by atoms with van der Waals surface area (Å²) < 4.78 is 49.4. The van der Waals surface area contributed by atoms with Crippen molar-refractivity contribution in [3.63, 3.8) is 0 Å². The number of anilines is 2. The average molecular weight is 539 g/mol. The van der Waals surface area contributed by atoms with E-state index in [9.17, 15) is 22.8 Å². The molecule has 1 atom stereocenters. The third kappa shape index (κ3) is 6.64. The molecule has 0 spiro atoms. The molecule has 3 rings (SSSR count). The predicted octanol–water partition coefficient (Wildman–Crippen LogP) is 6.75. The Bertz CT molecular complexity index is 1230. The molecule has 0 saturated heterocycles. The van der Waals surface area contributed by atoms with E-state index in [-0.39, 0.29) is 16.3 Å². The summed E-state index contributed by atoms with van der Waals surface area (Å²) in [6.07, 6.45) is -4.56. The van der Waals surface area contributed by atoms with Crippen LogP contribution >= 0.6 is 23.4 Å². The highest BCUT2D eigenvalue weighted by molar-refractivity contribution is 8.00. The maximum absolute atomic E-state index is 13.0. The van der Waals surface area contributed by atoms with E-state index in [0.717, 1.165) is 18.2 Å². The highest BCUT2D eigenvalue weighted by Gasteiger charge is 2.31. The number of nitrogens with one attached hydrogen (secondary N) is 2. The van der Waals surface area contributed by atoms with Crippen molar-refractivity contribution >= 4 is 46.6 Å². The Labute approximate surface area is 215 Å². The van der Waals surface area contributed by atoms with Gasteiger partial charge >= 0.3 is 6.18 Å². The van der Waals surface area contributed by atoms with E-state index in [4.69, 9.17) is 21.1 Å². The number of benzene rings is 3. The molecule has 0 fully saturated rings. The van der Waals surface area contributed by atoms with Gasteiger partial charge in [0.2, 0.25) is 5.91 Å². The number of carbonyl (C=O) groups is 2. The van der Waals surface area contributed by atoms with Gasteiger partial charge in [0.05, 0.1) is 35.7 Å². The van der Waals surface area contributed by atoms with Gasteiger partial charge in [-0.25, -0.2) is 0 Å². The lowest BCUT2D eigenvalue weighted by molar-refractivity contribution is -0.137. The molecular weight excluding hydrogens is 517 g/mol. The van der Waals surface area contributed by atoms with Gasteiger partial charge in [-0.3, -0.25) is 9.59 Å². The predicted molar refractivity (Wildman–Crippen MR) is 134 cm³/mol. The highest BCUT2D eigenvalue weighted by Crippen LogP contribution is 2.35. The van der Waals surface area contributed by atoms with Crippen molar-refractivity contribution in [1.29, 1.82) is 0 Å². The second-order valence-electron chi connectivity index (χ2n) is 7.46.